The van der Waals surface area contributed by atoms with Crippen LogP contribution in [0, 0.1) is 0 Å². The minimum Gasteiger partial charge on any atom is -0.444 e. The van der Waals surface area contributed by atoms with Crippen LogP contribution in [0.5, 0.6) is 0 Å². The van der Waals surface area contributed by atoms with Crippen molar-refractivity contribution in [3.05, 3.63) is 24.3 Å². The maximum atomic E-state index is 12.5. The van der Waals surface area contributed by atoms with Crippen molar-refractivity contribution in [3.8, 4) is 0 Å². The molecule has 9 heteroatoms. The van der Waals surface area contributed by atoms with Gasteiger partial charge in [-0.05, 0) is 33.3 Å². The summed E-state index contributed by atoms with van der Waals surface area (Å²) < 4.78 is 5.12. The van der Waals surface area contributed by atoms with Gasteiger partial charge in [-0.25, -0.2) is 9.59 Å². The molecule has 2 bridgehead atoms. The molecule has 0 saturated carbocycles. The zero-order valence-corrected chi connectivity index (χ0v) is 16.3. The number of carbonyl (C=O) groups is 3. The van der Waals surface area contributed by atoms with Crippen molar-refractivity contribution in [2.75, 3.05) is 26.2 Å². The van der Waals surface area contributed by atoms with Gasteiger partial charge >= 0.3 is 12.1 Å². The summed E-state index contributed by atoms with van der Waals surface area (Å²) in [5.41, 5.74) is 0.317. The number of hydroxylamine groups is 2. The smallest absolute Gasteiger partial charge is 0.407 e. The Hall–Kier alpha value is -2.55. The van der Waals surface area contributed by atoms with Crippen LogP contribution in [0.4, 0.5) is 9.59 Å². The normalized spacial score (nSPS) is 21.6. The molecule has 1 fully saturated rings. The van der Waals surface area contributed by atoms with Crippen molar-refractivity contribution in [1.82, 2.24) is 20.6 Å². The van der Waals surface area contributed by atoms with E-state index < -0.39 is 17.7 Å². The van der Waals surface area contributed by atoms with Crippen LogP contribution in [-0.4, -0.2) is 71.9 Å². The Morgan fingerprint density at radius 3 is 2.63 bits per heavy atom. The third-order valence-corrected chi connectivity index (χ3v) is 4.06. The van der Waals surface area contributed by atoms with Gasteiger partial charge in [-0.3, -0.25) is 9.63 Å². The molecular weight excluding hydrogens is 352 g/mol. The molecule has 2 atom stereocenters. The number of hydrogen-bond acceptors (Lipinski definition) is 5. The lowest BCUT2D eigenvalue weighted by Gasteiger charge is -2.27. The Kier molecular flexibility index (Phi) is 6.48. The van der Waals surface area contributed by atoms with Gasteiger partial charge in [-0.2, -0.15) is 5.06 Å². The van der Waals surface area contributed by atoms with Crippen molar-refractivity contribution < 1.29 is 24.0 Å². The van der Waals surface area contributed by atoms with Gasteiger partial charge in [0.1, 0.15) is 11.6 Å². The first kappa shape index (κ1) is 20.8. The zero-order chi connectivity index (χ0) is 20.2. The number of carbonyl (C=O) groups excluding carboxylic acids is 3. The van der Waals surface area contributed by atoms with Crippen molar-refractivity contribution in [2.45, 2.75) is 45.4 Å². The van der Waals surface area contributed by atoms with Gasteiger partial charge in [0.05, 0.1) is 19.2 Å². The lowest BCUT2D eigenvalue weighted by molar-refractivity contribution is -0.124. The number of alkyl carbamates (subject to hydrolysis) is 1. The molecule has 9 nitrogen and oxygen atoms in total. The maximum Gasteiger partial charge on any atom is 0.407 e. The van der Waals surface area contributed by atoms with Crippen LogP contribution in [0.3, 0.4) is 0 Å². The quantitative estimate of drug-likeness (QED) is 0.510. The highest BCUT2D eigenvalue weighted by atomic mass is 16.7. The van der Waals surface area contributed by atoms with Crippen LogP contribution in [0.25, 0.3) is 0 Å². The van der Waals surface area contributed by atoms with Crippen LogP contribution < -0.4 is 10.6 Å². The number of fused-ring (bicyclic) bond motifs is 2. The van der Waals surface area contributed by atoms with E-state index in [1.54, 1.807) is 32.9 Å². The average molecular weight is 380 g/mol. The number of rotatable bonds is 7. The van der Waals surface area contributed by atoms with Gasteiger partial charge < -0.3 is 20.3 Å². The summed E-state index contributed by atoms with van der Waals surface area (Å²) in [6, 6.07) is -1.25. The van der Waals surface area contributed by atoms with Crippen LogP contribution >= 0.6 is 0 Å². The maximum absolute atomic E-state index is 12.5. The van der Waals surface area contributed by atoms with Crippen LogP contribution in [0.1, 0.15) is 27.7 Å². The number of nitrogens with zero attached hydrogens (tertiary/aromatic N) is 2. The van der Waals surface area contributed by atoms with Gasteiger partial charge in [0.2, 0.25) is 5.91 Å². The van der Waals surface area contributed by atoms with Crippen LogP contribution in [0.2, 0.25) is 0 Å². The first-order valence-corrected chi connectivity index (χ1v) is 8.90. The van der Waals surface area contributed by atoms with Gasteiger partial charge in [-0.1, -0.05) is 12.2 Å². The SMILES string of the molecule is C=CCON1C(=O)N2CC1C(C)=C[C@H]2C(=O)NCCNC(=O)OC(C)(C)C. The van der Waals surface area contributed by atoms with E-state index in [0.717, 1.165) is 5.57 Å². The second-order valence-electron chi connectivity index (χ2n) is 7.44. The fourth-order valence-electron chi connectivity index (χ4n) is 2.87. The van der Waals surface area contributed by atoms with Gasteiger partial charge in [0, 0.05) is 13.1 Å². The van der Waals surface area contributed by atoms with Gasteiger partial charge in [-0.15, -0.1) is 6.58 Å². The molecule has 2 rings (SSSR count). The molecule has 4 amide bonds. The highest BCUT2D eigenvalue weighted by Crippen LogP contribution is 2.29. The first-order chi connectivity index (χ1) is 12.6. The summed E-state index contributed by atoms with van der Waals surface area (Å²) in [6.45, 7) is 11.8. The lowest BCUT2D eigenvalue weighted by atomic mass is 10.0. The summed E-state index contributed by atoms with van der Waals surface area (Å²) in [5, 5.41) is 6.60. The molecule has 2 aliphatic heterocycles. The summed E-state index contributed by atoms with van der Waals surface area (Å²) in [4.78, 5) is 43.5. The fraction of sp³-hybridized carbons (Fsp3) is 0.611. The van der Waals surface area contributed by atoms with E-state index >= 15 is 0 Å². The van der Waals surface area contributed by atoms with Gasteiger partial charge in [0.25, 0.3) is 0 Å². The molecule has 27 heavy (non-hydrogen) atoms. The zero-order valence-electron chi connectivity index (χ0n) is 16.3. The van der Waals surface area contributed by atoms with Crippen molar-refractivity contribution in [3.63, 3.8) is 0 Å². The molecular formula is C18H28N4O5. The second kappa shape index (κ2) is 8.43. The Labute approximate surface area is 159 Å². The average Bonchev–Trinajstić information content (AvgIpc) is 2.85. The van der Waals surface area contributed by atoms with E-state index in [2.05, 4.69) is 17.2 Å². The second-order valence-corrected chi connectivity index (χ2v) is 7.44. The molecule has 2 aliphatic rings. The van der Waals surface area contributed by atoms with Crippen molar-refractivity contribution >= 4 is 18.0 Å². The number of nitrogens with one attached hydrogen (secondary N) is 2. The summed E-state index contributed by atoms with van der Waals surface area (Å²) in [7, 11) is 0. The fourth-order valence-corrected chi connectivity index (χ4v) is 2.87. The Morgan fingerprint density at radius 1 is 1.33 bits per heavy atom. The van der Waals surface area contributed by atoms with Crippen LogP contribution in [-0.2, 0) is 14.4 Å². The Balaban J connectivity index is 1.85. The number of hydrogen-bond donors (Lipinski definition) is 2. The molecule has 0 aromatic rings. The Bertz CT molecular complexity index is 640. The predicted molar refractivity (Wildman–Crippen MR) is 98.7 cm³/mol. The molecule has 1 saturated heterocycles. The molecule has 2 heterocycles. The molecule has 0 spiro atoms. The van der Waals surface area contributed by atoms with E-state index in [0.29, 0.717) is 6.54 Å². The minimum atomic E-state index is -0.701. The number of urea groups is 1. The predicted octanol–water partition coefficient (Wildman–Crippen LogP) is 1.18. The van der Waals surface area contributed by atoms with Gasteiger partial charge in [0.15, 0.2) is 0 Å². The lowest BCUT2D eigenvalue weighted by Crippen LogP contribution is -2.49. The van der Waals surface area contributed by atoms with E-state index in [9.17, 15) is 14.4 Å². The summed E-state index contributed by atoms with van der Waals surface area (Å²) in [6.07, 6.45) is 2.78. The number of amides is 4. The molecule has 0 aliphatic carbocycles. The topological polar surface area (TPSA) is 100 Å². The first-order valence-electron chi connectivity index (χ1n) is 8.90. The molecule has 1 unspecified atom stereocenters. The summed E-state index contributed by atoms with van der Waals surface area (Å²) in [5.74, 6) is -0.308. The summed E-state index contributed by atoms with van der Waals surface area (Å²) >= 11 is 0. The van der Waals surface area contributed by atoms with E-state index in [1.807, 2.05) is 6.92 Å². The monoisotopic (exact) mass is 380 g/mol. The third kappa shape index (κ3) is 5.22. The molecule has 0 radical (unpaired) electrons. The molecule has 0 aromatic heterocycles. The van der Waals surface area contributed by atoms with E-state index in [4.69, 9.17) is 9.57 Å². The number of ether oxygens (including phenoxy) is 1. The molecule has 2 N–H and O–H groups in total. The Morgan fingerprint density at radius 2 is 2.00 bits per heavy atom. The van der Waals surface area contributed by atoms with E-state index in [1.165, 1.54) is 9.96 Å². The largest absolute Gasteiger partial charge is 0.444 e. The standard InChI is InChI=1S/C18H28N4O5/c1-6-9-26-22-14-11-21(17(22)25)13(10-12(14)2)15(23)19-7-8-20-16(24)27-18(3,4)5/h6,10,13-14H,1,7-9,11H2,2-5H3,(H,19,23)(H,20,24)/t13-,14?/m0/s1. The highest BCUT2D eigenvalue weighted by molar-refractivity contribution is 5.91. The molecule has 150 valence electrons. The van der Waals surface area contributed by atoms with E-state index in [-0.39, 0.29) is 37.7 Å². The van der Waals surface area contributed by atoms with Crippen LogP contribution in [0.15, 0.2) is 24.3 Å². The highest BCUT2D eigenvalue weighted by Gasteiger charge is 2.47. The van der Waals surface area contributed by atoms with Crippen molar-refractivity contribution in [2.24, 2.45) is 0 Å². The molecule has 0 aromatic carbocycles. The minimum absolute atomic E-state index is 0.199. The third-order valence-electron chi connectivity index (χ3n) is 4.06. The van der Waals surface area contributed by atoms with Crippen molar-refractivity contribution in [1.29, 1.82) is 0 Å².